The third kappa shape index (κ3) is 5.59. The summed E-state index contributed by atoms with van der Waals surface area (Å²) in [7, 11) is 0. The van der Waals surface area contributed by atoms with Gasteiger partial charge in [-0.2, -0.15) is 0 Å². The zero-order chi connectivity index (χ0) is 16.8. The first-order valence-electron chi connectivity index (χ1n) is 8.43. The van der Waals surface area contributed by atoms with Crippen LogP contribution in [0.3, 0.4) is 0 Å². The van der Waals surface area contributed by atoms with E-state index in [-0.39, 0.29) is 20.4 Å². The highest BCUT2D eigenvalue weighted by molar-refractivity contribution is 5.78. The zero-order valence-corrected chi connectivity index (χ0v) is 14.3. The Morgan fingerprint density at radius 1 is 1.32 bits per heavy atom. The standard InChI is InChI=1S/C12H20N2O.C4H10.CH2O2.H2/c13-6-11(15)14-7-9-1-2-12(3-4-12)5-10(9)8-14;1-4(2)3;2-1-3;/h9-10H,1-8,13H2;4H,1-3H3;1H,(H,2,3);1H. The lowest BCUT2D eigenvalue weighted by atomic mass is 9.74. The highest BCUT2D eigenvalue weighted by Gasteiger charge is 2.51. The Morgan fingerprint density at radius 2 is 1.82 bits per heavy atom. The van der Waals surface area contributed by atoms with Crippen LogP contribution in [0, 0.1) is 23.2 Å². The topological polar surface area (TPSA) is 83.6 Å². The van der Waals surface area contributed by atoms with Crippen molar-refractivity contribution >= 4 is 12.4 Å². The molecule has 2 aliphatic carbocycles. The number of carbonyl (C=O) groups is 2. The van der Waals surface area contributed by atoms with Crippen LogP contribution in [0.5, 0.6) is 0 Å². The predicted octanol–water partition coefficient (Wildman–Crippen LogP) is 2.59. The van der Waals surface area contributed by atoms with E-state index in [4.69, 9.17) is 15.6 Å². The van der Waals surface area contributed by atoms with Crippen molar-refractivity contribution in [2.75, 3.05) is 19.6 Å². The van der Waals surface area contributed by atoms with Gasteiger partial charge in [-0.25, -0.2) is 0 Å². The van der Waals surface area contributed by atoms with Crippen LogP contribution in [-0.2, 0) is 9.59 Å². The van der Waals surface area contributed by atoms with Crippen molar-refractivity contribution in [3.8, 4) is 0 Å². The number of amides is 1. The van der Waals surface area contributed by atoms with Crippen LogP contribution in [0.1, 0.15) is 54.3 Å². The van der Waals surface area contributed by atoms with Gasteiger partial charge in [-0.05, 0) is 55.3 Å². The minimum atomic E-state index is -0.250. The number of hydrogen-bond acceptors (Lipinski definition) is 3. The highest BCUT2D eigenvalue weighted by atomic mass is 16.3. The normalized spacial score (nSPS) is 27.2. The van der Waals surface area contributed by atoms with Gasteiger partial charge in [-0.3, -0.25) is 9.59 Å². The summed E-state index contributed by atoms with van der Waals surface area (Å²) in [5, 5.41) is 6.89. The van der Waals surface area contributed by atoms with Gasteiger partial charge < -0.3 is 15.7 Å². The van der Waals surface area contributed by atoms with Gasteiger partial charge in [0.25, 0.3) is 6.47 Å². The molecule has 0 bridgehead atoms. The molecular formula is C17H34N2O3. The molecule has 22 heavy (non-hydrogen) atoms. The predicted molar refractivity (Wildman–Crippen MR) is 89.5 cm³/mol. The van der Waals surface area contributed by atoms with Crippen LogP contribution in [0.25, 0.3) is 0 Å². The molecule has 3 N–H and O–H groups in total. The molecule has 1 amide bonds. The molecule has 5 heteroatoms. The molecule has 1 spiro atoms. The molecule has 5 nitrogen and oxygen atoms in total. The molecule has 1 aliphatic heterocycles. The molecule has 2 unspecified atom stereocenters. The van der Waals surface area contributed by atoms with Gasteiger partial charge in [-0.1, -0.05) is 20.8 Å². The number of fused-ring (bicyclic) bond motifs is 1. The molecule has 130 valence electrons. The molecule has 3 rings (SSSR count). The summed E-state index contributed by atoms with van der Waals surface area (Å²) < 4.78 is 0. The van der Waals surface area contributed by atoms with Crippen LogP contribution in [0.4, 0.5) is 0 Å². The molecule has 1 heterocycles. The lowest BCUT2D eigenvalue weighted by Gasteiger charge is -2.30. The molecular weight excluding hydrogens is 280 g/mol. The van der Waals surface area contributed by atoms with E-state index in [9.17, 15) is 4.79 Å². The summed E-state index contributed by atoms with van der Waals surface area (Å²) in [6, 6.07) is 0. The Kier molecular flexibility index (Phi) is 7.33. The summed E-state index contributed by atoms with van der Waals surface area (Å²) in [5.41, 5.74) is 6.14. The van der Waals surface area contributed by atoms with Crippen molar-refractivity contribution < 1.29 is 16.1 Å². The van der Waals surface area contributed by atoms with Gasteiger partial charge in [0.1, 0.15) is 0 Å². The number of carboxylic acid groups (broad SMARTS) is 1. The molecule has 0 aromatic rings. The summed E-state index contributed by atoms with van der Waals surface area (Å²) in [6.45, 7) is 8.41. The van der Waals surface area contributed by atoms with Gasteiger partial charge in [0.05, 0.1) is 6.54 Å². The second-order valence-electron chi connectivity index (χ2n) is 7.60. The summed E-state index contributed by atoms with van der Waals surface area (Å²) in [4.78, 5) is 21.9. The number of carbonyl (C=O) groups excluding carboxylic acids is 1. The van der Waals surface area contributed by atoms with Crippen molar-refractivity contribution in [3.05, 3.63) is 0 Å². The molecule has 2 saturated carbocycles. The van der Waals surface area contributed by atoms with Gasteiger partial charge in [-0.15, -0.1) is 0 Å². The van der Waals surface area contributed by atoms with Crippen LogP contribution < -0.4 is 5.73 Å². The first-order valence-corrected chi connectivity index (χ1v) is 8.43. The minimum absolute atomic E-state index is 0. The van der Waals surface area contributed by atoms with Crippen LogP contribution in [0.2, 0.25) is 0 Å². The Bertz CT molecular complexity index is 370. The fraction of sp³-hybridized carbons (Fsp3) is 0.882. The Balaban J connectivity index is 0.000000524. The maximum absolute atomic E-state index is 11.5. The molecule has 0 radical (unpaired) electrons. The Hall–Kier alpha value is -1.10. The highest BCUT2D eigenvalue weighted by Crippen LogP contribution is 2.59. The Labute approximate surface area is 135 Å². The lowest BCUT2D eigenvalue weighted by molar-refractivity contribution is -0.129. The summed E-state index contributed by atoms with van der Waals surface area (Å²) in [5.74, 6) is 2.55. The second-order valence-corrected chi connectivity index (χ2v) is 7.60. The number of rotatable bonds is 1. The molecule has 0 aromatic heterocycles. The molecule has 1 saturated heterocycles. The van der Waals surface area contributed by atoms with E-state index in [1.165, 1.54) is 32.1 Å². The van der Waals surface area contributed by atoms with Crippen molar-refractivity contribution in [2.24, 2.45) is 28.9 Å². The maximum Gasteiger partial charge on any atom is 0.290 e. The molecule has 3 aliphatic rings. The smallest absolute Gasteiger partial charge is 0.290 e. The SMILES string of the molecule is CC(C)C.NCC(=O)N1CC2CCC3(CC3)CC2C1.O=CO.[HH]. The van der Waals surface area contributed by atoms with Gasteiger partial charge in [0.2, 0.25) is 5.91 Å². The van der Waals surface area contributed by atoms with E-state index >= 15 is 0 Å². The van der Waals surface area contributed by atoms with E-state index < -0.39 is 0 Å². The van der Waals surface area contributed by atoms with E-state index in [0.717, 1.165) is 36.3 Å². The fourth-order valence-corrected chi connectivity index (χ4v) is 3.61. The Morgan fingerprint density at radius 3 is 2.27 bits per heavy atom. The van der Waals surface area contributed by atoms with Crippen molar-refractivity contribution in [3.63, 3.8) is 0 Å². The first-order chi connectivity index (χ1) is 10.4. The van der Waals surface area contributed by atoms with Gasteiger partial charge >= 0.3 is 0 Å². The van der Waals surface area contributed by atoms with Gasteiger partial charge in [0, 0.05) is 14.5 Å². The van der Waals surface area contributed by atoms with E-state index in [0.29, 0.717) is 0 Å². The van der Waals surface area contributed by atoms with Crippen molar-refractivity contribution in [1.29, 1.82) is 0 Å². The summed E-state index contributed by atoms with van der Waals surface area (Å²) in [6.07, 6.45) is 7.03. The molecule has 2 atom stereocenters. The summed E-state index contributed by atoms with van der Waals surface area (Å²) >= 11 is 0. The third-order valence-corrected chi connectivity index (χ3v) is 4.80. The van der Waals surface area contributed by atoms with Crippen molar-refractivity contribution in [1.82, 2.24) is 4.90 Å². The number of nitrogens with zero attached hydrogens (tertiary/aromatic N) is 1. The van der Waals surface area contributed by atoms with Crippen LogP contribution in [-0.4, -0.2) is 42.0 Å². The quantitative estimate of drug-likeness (QED) is 0.729. The third-order valence-electron chi connectivity index (χ3n) is 4.80. The number of likely N-dealkylation sites (tertiary alicyclic amines) is 1. The van der Waals surface area contributed by atoms with E-state index in [2.05, 4.69) is 20.8 Å². The monoisotopic (exact) mass is 314 g/mol. The van der Waals surface area contributed by atoms with E-state index in [1.54, 1.807) is 0 Å². The zero-order valence-electron chi connectivity index (χ0n) is 14.3. The lowest BCUT2D eigenvalue weighted by Crippen LogP contribution is -2.34. The van der Waals surface area contributed by atoms with E-state index in [1.807, 2.05) is 4.90 Å². The molecule has 3 fully saturated rings. The fourth-order valence-electron chi connectivity index (χ4n) is 3.61. The number of nitrogens with two attached hydrogens (primary N) is 1. The second kappa shape index (κ2) is 8.51. The molecule has 0 aromatic carbocycles. The first kappa shape index (κ1) is 18.9. The minimum Gasteiger partial charge on any atom is -0.483 e. The van der Waals surface area contributed by atoms with Crippen LogP contribution >= 0.6 is 0 Å². The number of hydrogen-bond donors (Lipinski definition) is 2. The average molecular weight is 314 g/mol. The maximum atomic E-state index is 11.5. The van der Waals surface area contributed by atoms with Crippen molar-refractivity contribution in [2.45, 2.75) is 52.9 Å². The average Bonchev–Trinajstić information content (AvgIpc) is 3.05. The van der Waals surface area contributed by atoms with Crippen LogP contribution in [0.15, 0.2) is 0 Å². The van der Waals surface area contributed by atoms with Gasteiger partial charge in [0.15, 0.2) is 0 Å². The largest absolute Gasteiger partial charge is 0.483 e.